The standard InChI is InChI=1S/C6H6F3N3O/c7-2-12-1-3(6(10)13)4(11-12)5(8)9/h1,5H,2H2,(H2,10,13). The fraction of sp³-hybridized carbons (Fsp3) is 0.333. The first kappa shape index (κ1) is 9.56. The smallest absolute Gasteiger partial charge is 0.282 e. The first-order chi connectivity index (χ1) is 6.06. The lowest BCUT2D eigenvalue weighted by atomic mass is 10.2. The first-order valence-electron chi connectivity index (χ1n) is 3.27. The monoisotopic (exact) mass is 193 g/mol. The molecular weight excluding hydrogens is 187 g/mol. The third-order valence-corrected chi connectivity index (χ3v) is 1.38. The summed E-state index contributed by atoms with van der Waals surface area (Å²) in [7, 11) is 0. The molecule has 0 aliphatic rings. The van der Waals surface area contributed by atoms with Crippen LogP contribution in [0.3, 0.4) is 0 Å². The van der Waals surface area contributed by atoms with E-state index < -0.39 is 30.4 Å². The van der Waals surface area contributed by atoms with Gasteiger partial charge in [-0.2, -0.15) is 5.10 Å². The first-order valence-corrected chi connectivity index (χ1v) is 3.27. The third-order valence-electron chi connectivity index (χ3n) is 1.38. The van der Waals surface area contributed by atoms with Crippen molar-refractivity contribution >= 4 is 5.91 Å². The fourth-order valence-electron chi connectivity index (χ4n) is 0.849. The Morgan fingerprint density at radius 1 is 1.69 bits per heavy atom. The zero-order valence-electron chi connectivity index (χ0n) is 6.38. The highest BCUT2D eigenvalue weighted by molar-refractivity contribution is 5.93. The molecule has 2 N–H and O–H groups in total. The predicted octanol–water partition coefficient (Wildman–Crippen LogP) is 0.847. The van der Waals surface area contributed by atoms with Gasteiger partial charge in [0.05, 0.1) is 5.56 Å². The Balaban J connectivity index is 3.15. The topological polar surface area (TPSA) is 60.9 Å². The maximum Gasteiger partial charge on any atom is 0.282 e. The van der Waals surface area contributed by atoms with Crippen LogP contribution in [0.25, 0.3) is 0 Å². The van der Waals surface area contributed by atoms with E-state index in [1.54, 1.807) is 0 Å². The molecule has 0 fully saturated rings. The molecule has 1 rings (SSSR count). The summed E-state index contributed by atoms with van der Waals surface area (Å²) in [6.45, 7) is -1.08. The average Bonchev–Trinajstić information content (AvgIpc) is 2.47. The number of nitrogens with two attached hydrogens (primary N) is 1. The molecule has 13 heavy (non-hydrogen) atoms. The highest BCUT2D eigenvalue weighted by Crippen LogP contribution is 2.20. The summed E-state index contributed by atoms with van der Waals surface area (Å²) in [5.41, 5.74) is 3.53. The largest absolute Gasteiger partial charge is 0.365 e. The van der Waals surface area contributed by atoms with E-state index in [4.69, 9.17) is 5.73 Å². The van der Waals surface area contributed by atoms with Crippen LogP contribution in [0, 0.1) is 0 Å². The van der Waals surface area contributed by atoms with Gasteiger partial charge in [0.2, 0.25) is 0 Å². The maximum absolute atomic E-state index is 12.1. The molecule has 1 heterocycles. The second-order valence-electron chi connectivity index (χ2n) is 2.25. The average molecular weight is 193 g/mol. The molecule has 1 amide bonds. The molecule has 1 aromatic heterocycles. The second-order valence-corrected chi connectivity index (χ2v) is 2.25. The van der Waals surface area contributed by atoms with Gasteiger partial charge in [0, 0.05) is 6.20 Å². The summed E-state index contributed by atoms with van der Waals surface area (Å²) in [5.74, 6) is -1.05. The molecule has 0 aliphatic heterocycles. The molecule has 0 aromatic carbocycles. The normalized spacial score (nSPS) is 10.8. The number of rotatable bonds is 3. The lowest BCUT2D eigenvalue weighted by molar-refractivity contribution is 0.0985. The summed E-state index contributed by atoms with van der Waals surface area (Å²) >= 11 is 0. The van der Waals surface area contributed by atoms with E-state index in [1.165, 1.54) is 0 Å². The van der Waals surface area contributed by atoms with Gasteiger partial charge < -0.3 is 5.73 Å². The van der Waals surface area contributed by atoms with E-state index in [9.17, 15) is 18.0 Å². The molecule has 0 bridgehead atoms. The fourth-order valence-corrected chi connectivity index (χ4v) is 0.849. The molecule has 1 aromatic rings. The molecule has 7 heteroatoms. The van der Waals surface area contributed by atoms with Gasteiger partial charge >= 0.3 is 0 Å². The van der Waals surface area contributed by atoms with Crippen LogP contribution in [-0.2, 0) is 6.80 Å². The van der Waals surface area contributed by atoms with Crippen LogP contribution >= 0.6 is 0 Å². The van der Waals surface area contributed by atoms with E-state index in [2.05, 4.69) is 5.10 Å². The summed E-state index contributed by atoms with van der Waals surface area (Å²) in [6, 6.07) is 0. The number of alkyl halides is 3. The van der Waals surface area contributed by atoms with E-state index in [1.807, 2.05) is 0 Å². The summed E-state index contributed by atoms with van der Waals surface area (Å²) in [5, 5.41) is 3.14. The number of primary amides is 1. The quantitative estimate of drug-likeness (QED) is 0.773. The van der Waals surface area contributed by atoms with Gasteiger partial charge in [0.1, 0.15) is 5.69 Å². The van der Waals surface area contributed by atoms with Crippen LogP contribution in [0.2, 0.25) is 0 Å². The van der Waals surface area contributed by atoms with E-state index in [-0.39, 0.29) is 0 Å². The zero-order chi connectivity index (χ0) is 10.0. The number of hydrogen-bond acceptors (Lipinski definition) is 2. The van der Waals surface area contributed by atoms with Crippen molar-refractivity contribution in [3.63, 3.8) is 0 Å². The Morgan fingerprint density at radius 2 is 2.31 bits per heavy atom. The number of nitrogens with zero attached hydrogens (tertiary/aromatic N) is 2. The highest BCUT2D eigenvalue weighted by Gasteiger charge is 2.21. The maximum atomic E-state index is 12.1. The van der Waals surface area contributed by atoms with Gasteiger partial charge in [-0.25, -0.2) is 17.9 Å². The highest BCUT2D eigenvalue weighted by atomic mass is 19.3. The van der Waals surface area contributed by atoms with Gasteiger partial charge in [0.25, 0.3) is 12.3 Å². The molecule has 0 saturated heterocycles. The SMILES string of the molecule is NC(=O)c1cn(CF)nc1C(F)F. The van der Waals surface area contributed by atoms with Crippen LogP contribution in [0.4, 0.5) is 13.2 Å². The van der Waals surface area contributed by atoms with E-state index in [0.29, 0.717) is 4.68 Å². The van der Waals surface area contributed by atoms with Crippen LogP contribution in [0.1, 0.15) is 22.5 Å². The van der Waals surface area contributed by atoms with Gasteiger partial charge in [-0.15, -0.1) is 0 Å². The molecule has 0 saturated carbocycles. The van der Waals surface area contributed by atoms with Gasteiger partial charge in [-0.3, -0.25) is 4.79 Å². The molecule has 0 unspecified atom stereocenters. The minimum atomic E-state index is -2.93. The lowest BCUT2D eigenvalue weighted by Crippen LogP contribution is -2.12. The number of aromatic nitrogens is 2. The Bertz CT molecular complexity index is 323. The molecule has 72 valence electrons. The molecule has 0 atom stereocenters. The lowest BCUT2D eigenvalue weighted by Gasteiger charge is -1.94. The van der Waals surface area contributed by atoms with Crippen LogP contribution in [-0.4, -0.2) is 15.7 Å². The van der Waals surface area contributed by atoms with Crippen molar-refractivity contribution in [2.75, 3.05) is 0 Å². The van der Waals surface area contributed by atoms with Crippen molar-refractivity contribution < 1.29 is 18.0 Å². The van der Waals surface area contributed by atoms with Gasteiger partial charge in [-0.1, -0.05) is 0 Å². The number of amides is 1. The Hall–Kier alpha value is -1.53. The van der Waals surface area contributed by atoms with Gasteiger partial charge in [-0.05, 0) is 0 Å². The summed E-state index contributed by atoms with van der Waals surface area (Å²) in [6.07, 6.45) is -2.08. The van der Waals surface area contributed by atoms with Gasteiger partial charge in [0.15, 0.2) is 6.80 Å². The third kappa shape index (κ3) is 1.79. The molecule has 0 aliphatic carbocycles. The van der Waals surface area contributed by atoms with Crippen molar-refractivity contribution in [2.24, 2.45) is 5.73 Å². The van der Waals surface area contributed by atoms with Crippen molar-refractivity contribution in [1.29, 1.82) is 0 Å². The Kier molecular flexibility index (Phi) is 2.54. The van der Waals surface area contributed by atoms with Crippen molar-refractivity contribution in [1.82, 2.24) is 9.78 Å². The predicted molar refractivity (Wildman–Crippen MR) is 36.8 cm³/mol. The Morgan fingerprint density at radius 3 is 2.62 bits per heavy atom. The van der Waals surface area contributed by atoms with Crippen molar-refractivity contribution in [2.45, 2.75) is 13.2 Å². The number of carbonyl (C=O) groups excluding carboxylic acids is 1. The molecule has 4 nitrogen and oxygen atoms in total. The van der Waals surface area contributed by atoms with Crippen molar-refractivity contribution in [3.05, 3.63) is 17.5 Å². The number of carbonyl (C=O) groups is 1. The van der Waals surface area contributed by atoms with E-state index >= 15 is 0 Å². The molecular formula is C6H6F3N3O. The second kappa shape index (κ2) is 3.46. The van der Waals surface area contributed by atoms with E-state index in [0.717, 1.165) is 6.20 Å². The molecule has 0 radical (unpaired) electrons. The summed E-state index contributed by atoms with van der Waals surface area (Å²) < 4.78 is 36.8. The number of halogens is 3. The number of hydrogen-bond donors (Lipinski definition) is 1. The molecule has 0 spiro atoms. The zero-order valence-corrected chi connectivity index (χ0v) is 6.38. The van der Waals surface area contributed by atoms with Crippen LogP contribution in [0.5, 0.6) is 0 Å². The van der Waals surface area contributed by atoms with Crippen molar-refractivity contribution in [3.8, 4) is 0 Å². The Labute approximate surface area is 71.1 Å². The summed E-state index contributed by atoms with van der Waals surface area (Å²) in [4.78, 5) is 10.6. The van der Waals surface area contributed by atoms with Crippen LogP contribution in [0.15, 0.2) is 6.20 Å². The van der Waals surface area contributed by atoms with Crippen LogP contribution < -0.4 is 5.73 Å². The minimum absolute atomic E-state index is 0.451. The minimum Gasteiger partial charge on any atom is -0.365 e.